The predicted octanol–water partition coefficient (Wildman–Crippen LogP) is 5.00. The topological polar surface area (TPSA) is 80.9 Å². The molecule has 5 nitrogen and oxygen atoms in total. The maximum Gasteiger partial charge on any atom is 0.229 e. The predicted molar refractivity (Wildman–Crippen MR) is 118 cm³/mol. The Balaban J connectivity index is 0.00000280. The molecule has 2 aromatic carbocycles. The minimum Gasteiger partial charge on any atom is -0.326 e. The zero-order valence-electron chi connectivity index (χ0n) is 15.9. The van der Waals surface area contributed by atoms with Crippen LogP contribution < -0.4 is 11.1 Å². The van der Waals surface area contributed by atoms with Crippen molar-refractivity contribution < 1.29 is 4.79 Å². The van der Waals surface area contributed by atoms with Gasteiger partial charge in [0.15, 0.2) is 4.34 Å². The summed E-state index contributed by atoms with van der Waals surface area (Å²) in [6.07, 6.45) is 0. The van der Waals surface area contributed by atoms with Crippen molar-refractivity contribution in [2.24, 2.45) is 11.7 Å². The third-order valence-electron chi connectivity index (χ3n) is 4.31. The van der Waals surface area contributed by atoms with Crippen LogP contribution in [0.3, 0.4) is 0 Å². The molecule has 0 saturated carbocycles. The summed E-state index contributed by atoms with van der Waals surface area (Å²) in [6, 6.07) is 15.3. The number of anilines is 1. The van der Waals surface area contributed by atoms with Crippen molar-refractivity contribution >= 4 is 47.1 Å². The van der Waals surface area contributed by atoms with Crippen LogP contribution >= 0.6 is 35.5 Å². The second kappa shape index (κ2) is 10.0. The molecular formula is C20H23ClN4OS2. The van der Waals surface area contributed by atoms with Gasteiger partial charge in [0.1, 0.15) is 5.01 Å². The van der Waals surface area contributed by atoms with E-state index in [1.165, 1.54) is 0 Å². The van der Waals surface area contributed by atoms with Crippen molar-refractivity contribution in [3.05, 3.63) is 64.7 Å². The van der Waals surface area contributed by atoms with E-state index in [1.807, 2.05) is 69.3 Å². The van der Waals surface area contributed by atoms with Crippen LogP contribution in [0.15, 0.2) is 57.8 Å². The number of nitrogens with one attached hydrogen (secondary N) is 1. The number of amides is 1. The third-order valence-corrected chi connectivity index (χ3v) is 6.18. The number of aromatic nitrogens is 2. The molecule has 1 amide bonds. The van der Waals surface area contributed by atoms with Crippen LogP contribution in [-0.2, 0) is 4.79 Å². The molecule has 3 aromatic rings. The van der Waals surface area contributed by atoms with Gasteiger partial charge in [-0.15, -0.1) is 22.6 Å². The van der Waals surface area contributed by atoms with Crippen molar-refractivity contribution in [3.8, 4) is 0 Å². The number of aryl methyl sites for hydroxylation is 2. The molecule has 28 heavy (non-hydrogen) atoms. The summed E-state index contributed by atoms with van der Waals surface area (Å²) in [5, 5.41) is 12.1. The molecule has 3 rings (SSSR count). The first-order valence-corrected chi connectivity index (χ1v) is 10.3. The van der Waals surface area contributed by atoms with E-state index in [0.717, 1.165) is 31.1 Å². The summed E-state index contributed by atoms with van der Waals surface area (Å²) in [7, 11) is 0. The van der Waals surface area contributed by atoms with Crippen molar-refractivity contribution in [3.63, 3.8) is 0 Å². The second-order valence-corrected chi connectivity index (χ2v) is 8.88. The van der Waals surface area contributed by atoms with Crippen LogP contribution in [0.4, 0.5) is 5.69 Å². The molecule has 8 heteroatoms. The van der Waals surface area contributed by atoms with Gasteiger partial charge in [-0.3, -0.25) is 4.79 Å². The number of hydrogen-bond acceptors (Lipinski definition) is 6. The summed E-state index contributed by atoms with van der Waals surface area (Å²) in [5.41, 5.74) is 9.01. The highest BCUT2D eigenvalue weighted by Crippen LogP contribution is 2.32. The van der Waals surface area contributed by atoms with Crippen LogP contribution in [0.2, 0.25) is 0 Å². The molecule has 0 saturated heterocycles. The quantitative estimate of drug-likeness (QED) is 0.570. The van der Waals surface area contributed by atoms with Crippen LogP contribution in [0.1, 0.15) is 29.1 Å². The standard InChI is InChI=1S/C20H22N4OS2.ClH/c1-12-11-16(27-20-24-23-14(3)26-20)9-10-17(12)22-19(25)13(2)18(21)15-7-5-4-6-8-15;/h4-11,13,18H,21H2,1-3H3,(H,22,25);1H. The van der Waals surface area contributed by atoms with E-state index in [0.29, 0.717) is 0 Å². The minimum absolute atomic E-state index is 0. The monoisotopic (exact) mass is 434 g/mol. The normalized spacial score (nSPS) is 12.7. The van der Waals surface area contributed by atoms with Gasteiger partial charge in [0, 0.05) is 16.6 Å². The smallest absolute Gasteiger partial charge is 0.229 e. The maximum absolute atomic E-state index is 12.6. The van der Waals surface area contributed by atoms with Crippen LogP contribution in [0.25, 0.3) is 0 Å². The Bertz CT molecular complexity index is 933. The van der Waals surface area contributed by atoms with E-state index in [1.54, 1.807) is 23.1 Å². The number of hydrogen-bond donors (Lipinski definition) is 2. The van der Waals surface area contributed by atoms with Crippen molar-refractivity contribution in [1.82, 2.24) is 10.2 Å². The number of carbonyl (C=O) groups excluding carboxylic acids is 1. The summed E-state index contributed by atoms with van der Waals surface area (Å²) in [4.78, 5) is 13.7. The van der Waals surface area contributed by atoms with Gasteiger partial charge < -0.3 is 11.1 Å². The van der Waals surface area contributed by atoms with Crippen molar-refractivity contribution in [2.45, 2.75) is 36.0 Å². The summed E-state index contributed by atoms with van der Waals surface area (Å²) < 4.78 is 0.908. The largest absolute Gasteiger partial charge is 0.326 e. The molecule has 2 unspecified atom stereocenters. The van der Waals surface area contributed by atoms with Gasteiger partial charge in [0.25, 0.3) is 0 Å². The highest BCUT2D eigenvalue weighted by atomic mass is 35.5. The second-order valence-electron chi connectivity index (χ2n) is 6.38. The van der Waals surface area contributed by atoms with Gasteiger partial charge in [0.05, 0.1) is 5.92 Å². The molecular weight excluding hydrogens is 412 g/mol. The molecule has 0 bridgehead atoms. The molecule has 0 aliphatic rings. The van der Waals surface area contributed by atoms with Crippen LogP contribution in [0, 0.1) is 19.8 Å². The molecule has 2 atom stereocenters. The van der Waals surface area contributed by atoms with E-state index in [9.17, 15) is 4.79 Å². The molecule has 1 aromatic heterocycles. The number of rotatable bonds is 6. The fourth-order valence-corrected chi connectivity index (χ4v) is 4.52. The molecule has 3 N–H and O–H groups in total. The maximum atomic E-state index is 12.6. The Hall–Kier alpha value is -1.93. The Kier molecular flexibility index (Phi) is 8.00. The molecule has 0 spiro atoms. The van der Waals surface area contributed by atoms with Crippen molar-refractivity contribution in [2.75, 3.05) is 5.32 Å². The first-order chi connectivity index (χ1) is 12.9. The van der Waals surface area contributed by atoms with Gasteiger partial charge in [-0.05, 0) is 43.2 Å². The number of nitrogens with zero attached hydrogens (tertiary/aromatic N) is 2. The molecule has 1 heterocycles. The Labute approximate surface area is 179 Å². The Morgan fingerprint density at radius 2 is 1.86 bits per heavy atom. The van der Waals surface area contributed by atoms with Crippen LogP contribution in [0.5, 0.6) is 0 Å². The van der Waals surface area contributed by atoms with Gasteiger partial charge in [0.2, 0.25) is 5.91 Å². The van der Waals surface area contributed by atoms with E-state index in [4.69, 9.17) is 5.73 Å². The Morgan fingerprint density at radius 1 is 1.14 bits per heavy atom. The number of nitrogens with two attached hydrogens (primary N) is 1. The van der Waals surface area contributed by atoms with E-state index in [-0.39, 0.29) is 30.3 Å². The zero-order valence-corrected chi connectivity index (χ0v) is 18.3. The summed E-state index contributed by atoms with van der Waals surface area (Å²) in [6.45, 7) is 5.77. The minimum atomic E-state index is -0.345. The fraction of sp³-hybridized carbons (Fsp3) is 0.250. The van der Waals surface area contributed by atoms with E-state index >= 15 is 0 Å². The average Bonchev–Trinajstić information content (AvgIpc) is 3.08. The average molecular weight is 435 g/mol. The van der Waals surface area contributed by atoms with Crippen molar-refractivity contribution in [1.29, 1.82) is 0 Å². The van der Waals surface area contributed by atoms with Gasteiger partial charge in [-0.1, -0.05) is 60.4 Å². The molecule has 0 radical (unpaired) electrons. The third kappa shape index (κ3) is 5.54. The van der Waals surface area contributed by atoms with E-state index in [2.05, 4.69) is 15.5 Å². The molecule has 0 fully saturated rings. The van der Waals surface area contributed by atoms with E-state index < -0.39 is 0 Å². The first-order valence-electron chi connectivity index (χ1n) is 8.64. The zero-order chi connectivity index (χ0) is 19.4. The van der Waals surface area contributed by atoms with Crippen LogP contribution in [-0.4, -0.2) is 16.1 Å². The van der Waals surface area contributed by atoms with Gasteiger partial charge in [-0.25, -0.2) is 0 Å². The number of benzene rings is 2. The summed E-state index contributed by atoms with van der Waals surface area (Å²) in [5.74, 6) is -0.431. The number of carbonyl (C=O) groups is 1. The lowest BCUT2D eigenvalue weighted by Crippen LogP contribution is -2.30. The lowest BCUT2D eigenvalue weighted by atomic mass is 9.94. The first kappa shape index (κ1) is 22.4. The molecule has 148 valence electrons. The highest BCUT2D eigenvalue weighted by Gasteiger charge is 2.22. The Morgan fingerprint density at radius 3 is 2.46 bits per heavy atom. The fourth-order valence-electron chi connectivity index (χ4n) is 2.63. The molecule has 0 aliphatic carbocycles. The lowest BCUT2D eigenvalue weighted by molar-refractivity contribution is -0.120. The number of halogens is 1. The summed E-state index contributed by atoms with van der Waals surface area (Å²) >= 11 is 3.14. The van der Waals surface area contributed by atoms with Gasteiger partial charge >= 0.3 is 0 Å². The SMILES string of the molecule is Cc1nnc(Sc2ccc(NC(=O)C(C)C(N)c3ccccc3)c(C)c2)s1.Cl. The van der Waals surface area contributed by atoms with Gasteiger partial charge in [-0.2, -0.15) is 0 Å². The molecule has 0 aliphatic heterocycles. The highest BCUT2D eigenvalue weighted by molar-refractivity contribution is 8.01. The lowest BCUT2D eigenvalue weighted by Gasteiger charge is -2.20.